The van der Waals surface area contributed by atoms with Gasteiger partial charge in [-0.15, -0.1) is 31.4 Å². The molecule has 1 heterocycles. The molecule has 1 fully saturated rings. The van der Waals surface area contributed by atoms with Crippen LogP contribution in [0.5, 0.6) is 0 Å². The van der Waals surface area contributed by atoms with E-state index in [0.717, 1.165) is 26.2 Å². The molecule has 108 valence electrons. The topological polar surface area (TPSA) is 15.3 Å². The third-order valence-electron chi connectivity index (χ3n) is 3.64. The summed E-state index contributed by atoms with van der Waals surface area (Å²) in [6, 6.07) is 7.10. The fourth-order valence-corrected chi connectivity index (χ4v) is 2.40. The highest BCUT2D eigenvalue weighted by atomic mass is 35.5. The Hall–Kier alpha value is -0.540. The van der Waals surface area contributed by atoms with E-state index >= 15 is 0 Å². The van der Waals surface area contributed by atoms with E-state index in [0.29, 0.717) is 6.04 Å². The van der Waals surface area contributed by atoms with Gasteiger partial charge in [0.1, 0.15) is 0 Å². The maximum absolute atomic E-state index is 4.00. The van der Waals surface area contributed by atoms with Crippen molar-refractivity contribution in [3.05, 3.63) is 47.5 Å². The zero-order valence-corrected chi connectivity index (χ0v) is 13.3. The van der Waals surface area contributed by atoms with Crippen LogP contribution in [-0.4, -0.2) is 31.1 Å². The van der Waals surface area contributed by atoms with E-state index in [-0.39, 0.29) is 24.8 Å². The maximum atomic E-state index is 4.00. The summed E-state index contributed by atoms with van der Waals surface area (Å²) in [6.45, 7) is 12.7. The van der Waals surface area contributed by atoms with Crippen LogP contribution in [0.1, 0.15) is 22.7 Å². The second-order valence-corrected chi connectivity index (χ2v) is 4.81. The Morgan fingerprint density at radius 1 is 1.16 bits per heavy atom. The van der Waals surface area contributed by atoms with Gasteiger partial charge in [-0.25, -0.2) is 0 Å². The first-order chi connectivity index (χ1) is 8.22. The molecule has 1 aliphatic heterocycles. The van der Waals surface area contributed by atoms with E-state index < -0.39 is 0 Å². The number of piperazine rings is 1. The van der Waals surface area contributed by atoms with Gasteiger partial charge in [0.15, 0.2) is 0 Å². The molecule has 19 heavy (non-hydrogen) atoms. The zero-order chi connectivity index (χ0) is 12.3. The van der Waals surface area contributed by atoms with Gasteiger partial charge in [0.05, 0.1) is 6.04 Å². The van der Waals surface area contributed by atoms with Gasteiger partial charge in [0, 0.05) is 26.2 Å². The van der Waals surface area contributed by atoms with Crippen molar-refractivity contribution in [2.45, 2.75) is 19.9 Å². The van der Waals surface area contributed by atoms with E-state index in [1.54, 1.807) is 0 Å². The summed E-state index contributed by atoms with van der Waals surface area (Å²) in [5.41, 5.74) is 4.09. The summed E-state index contributed by atoms with van der Waals surface area (Å²) >= 11 is 0. The second-order valence-electron chi connectivity index (χ2n) is 4.81. The molecule has 1 N–H and O–H groups in total. The van der Waals surface area contributed by atoms with Crippen molar-refractivity contribution in [3.63, 3.8) is 0 Å². The molecule has 0 amide bonds. The monoisotopic (exact) mass is 302 g/mol. The molecule has 2 rings (SSSR count). The Labute approximate surface area is 129 Å². The number of rotatable bonds is 3. The molecule has 1 aromatic carbocycles. The smallest absolute Gasteiger partial charge is 0.0530 e. The second kappa shape index (κ2) is 8.60. The molecular formula is C15H24Cl2N2. The minimum absolute atomic E-state index is 0. The number of benzene rings is 1. The average Bonchev–Trinajstić information content (AvgIpc) is 2.36. The lowest BCUT2D eigenvalue weighted by molar-refractivity contribution is 0.203. The van der Waals surface area contributed by atoms with Crippen LogP contribution in [0.25, 0.3) is 0 Å². The van der Waals surface area contributed by atoms with Gasteiger partial charge in [-0.2, -0.15) is 0 Å². The fraction of sp³-hybridized carbons (Fsp3) is 0.467. The molecule has 1 atom stereocenters. The van der Waals surface area contributed by atoms with Crippen molar-refractivity contribution in [2.75, 3.05) is 26.2 Å². The molecule has 1 aliphatic rings. The van der Waals surface area contributed by atoms with Gasteiger partial charge in [0.2, 0.25) is 0 Å². The third-order valence-corrected chi connectivity index (χ3v) is 3.64. The quantitative estimate of drug-likeness (QED) is 0.862. The minimum Gasteiger partial charge on any atom is -0.314 e. The fourth-order valence-electron chi connectivity index (χ4n) is 2.40. The molecular weight excluding hydrogens is 279 g/mol. The lowest BCUT2D eigenvalue weighted by Gasteiger charge is -2.33. The Bertz CT molecular complexity index is 401. The molecule has 0 aromatic heterocycles. The van der Waals surface area contributed by atoms with Gasteiger partial charge in [-0.3, -0.25) is 4.90 Å². The average molecular weight is 303 g/mol. The Kier molecular flexibility index (Phi) is 8.35. The lowest BCUT2D eigenvalue weighted by Crippen LogP contribution is -2.44. The molecule has 0 spiro atoms. The van der Waals surface area contributed by atoms with Gasteiger partial charge >= 0.3 is 0 Å². The highest BCUT2D eigenvalue weighted by molar-refractivity contribution is 5.85. The number of nitrogens with zero attached hydrogens (tertiary/aromatic N) is 1. The van der Waals surface area contributed by atoms with Crippen LogP contribution in [-0.2, 0) is 0 Å². The van der Waals surface area contributed by atoms with Crippen molar-refractivity contribution in [1.82, 2.24) is 10.2 Å². The molecule has 0 unspecified atom stereocenters. The van der Waals surface area contributed by atoms with Gasteiger partial charge in [-0.05, 0) is 30.5 Å². The number of nitrogens with one attached hydrogen (secondary N) is 1. The van der Waals surface area contributed by atoms with Crippen LogP contribution >= 0.6 is 24.8 Å². The minimum atomic E-state index is 0. The first-order valence-corrected chi connectivity index (χ1v) is 6.37. The number of hydrogen-bond acceptors (Lipinski definition) is 2. The summed E-state index contributed by atoms with van der Waals surface area (Å²) in [7, 11) is 0. The van der Waals surface area contributed by atoms with Crippen molar-refractivity contribution in [1.29, 1.82) is 0 Å². The molecule has 2 nitrogen and oxygen atoms in total. The van der Waals surface area contributed by atoms with E-state index in [1.807, 2.05) is 0 Å². The molecule has 0 saturated carbocycles. The number of aryl methyl sites for hydroxylation is 2. The first-order valence-electron chi connectivity index (χ1n) is 6.37. The van der Waals surface area contributed by atoms with E-state index in [1.165, 1.54) is 16.7 Å². The van der Waals surface area contributed by atoms with Crippen molar-refractivity contribution in [3.8, 4) is 0 Å². The summed E-state index contributed by atoms with van der Waals surface area (Å²) in [6.07, 6.45) is 2.06. The standard InChI is InChI=1S/C15H22N2.2ClH/c1-4-15(17-9-7-16-8-10-17)14-6-5-12(2)13(3)11-14;;/h4-6,11,15-16H,1,7-10H2,2-3H3;2*1H/t15-;;/m1../s1. The highest BCUT2D eigenvalue weighted by Crippen LogP contribution is 2.24. The Balaban J connectivity index is 0.00000162. The van der Waals surface area contributed by atoms with Crippen LogP contribution in [0, 0.1) is 13.8 Å². The van der Waals surface area contributed by atoms with Gasteiger partial charge in [-0.1, -0.05) is 24.3 Å². The largest absolute Gasteiger partial charge is 0.314 e. The Morgan fingerprint density at radius 3 is 2.32 bits per heavy atom. The van der Waals surface area contributed by atoms with Crippen LogP contribution < -0.4 is 5.32 Å². The van der Waals surface area contributed by atoms with Crippen molar-refractivity contribution < 1.29 is 0 Å². The summed E-state index contributed by atoms with van der Waals surface area (Å²) in [5.74, 6) is 0. The molecule has 0 bridgehead atoms. The Morgan fingerprint density at radius 2 is 1.79 bits per heavy atom. The zero-order valence-electron chi connectivity index (χ0n) is 11.7. The van der Waals surface area contributed by atoms with E-state index in [4.69, 9.17) is 0 Å². The first kappa shape index (κ1) is 18.5. The summed E-state index contributed by atoms with van der Waals surface area (Å²) in [5, 5.41) is 3.39. The predicted molar refractivity (Wildman–Crippen MR) is 87.8 cm³/mol. The van der Waals surface area contributed by atoms with Crippen LogP contribution in [0.3, 0.4) is 0 Å². The van der Waals surface area contributed by atoms with Gasteiger partial charge in [0.25, 0.3) is 0 Å². The normalized spacial score (nSPS) is 16.9. The predicted octanol–water partition coefficient (Wildman–Crippen LogP) is 3.28. The number of hydrogen-bond donors (Lipinski definition) is 1. The summed E-state index contributed by atoms with van der Waals surface area (Å²) in [4.78, 5) is 2.49. The van der Waals surface area contributed by atoms with Crippen molar-refractivity contribution in [2.24, 2.45) is 0 Å². The lowest BCUT2D eigenvalue weighted by atomic mass is 9.99. The SMILES string of the molecule is C=C[C@H](c1ccc(C)c(C)c1)N1CCNCC1.Cl.Cl. The molecule has 4 heteroatoms. The molecule has 1 saturated heterocycles. The van der Waals surface area contributed by atoms with Crippen molar-refractivity contribution >= 4 is 24.8 Å². The third kappa shape index (κ3) is 4.50. The highest BCUT2D eigenvalue weighted by Gasteiger charge is 2.19. The van der Waals surface area contributed by atoms with Gasteiger partial charge < -0.3 is 5.32 Å². The summed E-state index contributed by atoms with van der Waals surface area (Å²) < 4.78 is 0. The number of halogens is 2. The molecule has 1 aromatic rings. The van der Waals surface area contributed by atoms with E-state index in [9.17, 15) is 0 Å². The maximum Gasteiger partial charge on any atom is 0.0530 e. The van der Waals surface area contributed by atoms with Crippen LogP contribution in [0.2, 0.25) is 0 Å². The molecule has 0 radical (unpaired) electrons. The van der Waals surface area contributed by atoms with Crippen LogP contribution in [0.15, 0.2) is 30.9 Å². The van der Waals surface area contributed by atoms with Crippen LogP contribution in [0.4, 0.5) is 0 Å². The van der Waals surface area contributed by atoms with E-state index in [2.05, 4.69) is 54.9 Å². The molecule has 0 aliphatic carbocycles.